The summed E-state index contributed by atoms with van der Waals surface area (Å²) in [5.41, 5.74) is 6.35. The number of benzene rings is 1. The van der Waals surface area contributed by atoms with Crippen molar-refractivity contribution in [2.45, 2.75) is 19.9 Å². The summed E-state index contributed by atoms with van der Waals surface area (Å²) in [5.74, 6) is -0.0974. The van der Waals surface area contributed by atoms with Crippen LogP contribution in [0.2, 0.25) is 5.02 Å². The largest absolute Gasteiger partial charge is 0.320 e. The maximum Gasteiger partial charge on any atom is 0.243 e. The summed E-state index contributed by atoms with van der Waals surface area (Å²) in [7, 11) is 0. The predicted octanol–water partition coefficient (Wildman–Crippen LogP) is 2.46. The Balaban J connectivity index is 0.00000225. The lowest BCUT2D eigenvalue weighted by Crippen LogP contribution is -2.42. The van der Waals surface area contributed by atoms with Gasteiger partial charge in [0.25, 0.3) is 0 Å². The maximum absolute atomic E-state index is 11.7. The first-order valence-electron chi connectivity index (χ1n) is 4.88. The van der Waals surface area contributed by atoms with Crippen molar-refractivity contribution in [2.24, 2.45) is 5.73 Å². The summed E-state index contributed by atoms with van der Waals surface area (Å²) >= 11 is 5.86. The number of amides is 1. The molecule has 0 aliphatic carbocycles. The van der Waals surface area contributed by atoms with Crippen LogP contribution in [-0.2, 0) is 4.79 Å². The molecule has 0 bridgehead atoms. The van der Waals surface area contributed by atoms with Crippen molar-refractivity contribution >= 4 is 35.6 Å². The van der Waals surface area contributed by atoms with Gasteiger partial charge in [-0.1, -0.05) is 17.7 Å². The highest BCUT2D eigenvalue weighted by Gasteiger charge is 2.17. The van der Waals surface area contributed by atoms with E-state index in [1.165, 1.54) is 0 Å². The highest BCUT2D eigenvalue weighted by Crippen LogP contribution is 2.19. The quantitative estimate of drug-likeness (QED) is 0.910. The van der Waals surface area contributed by atoms with Crippen molar-refractivity contribution in [3.05, 3.63) is 29.3 Å². The molecule has 0 saturated carbocycles. The molecule has 1 aromatic carbocycles. The van der Waals surface area contributed by atoms with Gasteiger partial charge in [-0.05, 0) is 32.0 Å². The minimum absolute atomic E-state index is 0. The Kier molecular flexibility index (Phi) is 6.41. The van der Waals surface area contributed by atoms with E-state index in [-0.39, 0.29) is 18.3 Å². The molecule has 0 spiro atoms. The third-order valence-corrected chi connectivity index (χ3v) is 2.33. The minimum Gasteiger partial charge on any atom is -0.320 e. The summed E-state index contributed by atoms with van der Waals surface area (Å²) in [5, 5.41) is 0.614. The third-order valence-electron chi connectivity index (χ3n) is 2.09. The molecule has 5 heteroatoms. The lowest BCUT2D eigenvalue weighted by atomic mass is 10.2. The van der Waals surface area contributed by atoms with Gasteiger partial charge < -0.3 is 10.6 Å². The molecular formula is C11H16Cl2N2O. The van der Waals surface area contributed by atoms with Crippen LogP contribution in [-0.4, -0.2) is 18.5 Å². The average Bonchev–Trinajstić information content (AvgIpc) is 2.18. The zero-order valence-corrected chi connectivity index (χ0v) is 10.9. The molecule has 0 fully saturated rings. The van der Waals surface area contributed by atoms with Crippen LogP contribution in [0.25, 0.3) is 0 Å². The maximum atomic E-state index is 11.7. The van der Waals surface area contributed by atoms with Gasteiger partial charge in [-0.3, -0.25) is 4.79 Å². The van der Waals surface area contributed by atoms with Crippen molar-refractivity contribution < 1.29 is 4.79 Å². The Morgan fingerprint density at radius 1 is 1.56 bits per heavy atom. The Labute approximate surface area is 107 Å². The molecule has 0 aliphatic heterocycles. The number of anilines is 1. The summed E-state index contributed by atoms with van der Waals surface area (Å²) in [6, 6.07) is 6.69. The van der Waals surface area contributed by atoms with E-state index >= 15 is 0 Å². The van der Waals surface area contributed by atoms with Crippen molar-refractivity contribution in [1.82, 2.24) is 0 Å². The number of carbonyl (C=O) groups is 1. The van der Waals surface area contributed by atoms with E-state index in [1.54, 1.807) is 24.0 Å². The number of nitrogens with zero attached hydrogens (tertiary/aromatic N) is 1. The van der Waals surface area contributed by atoms with Crippen LogP contribution in [0.1, 0.15) is 13.8 Å². The number of rotatable bonds is 3. The number of carbonyl (C=O) groups excluding carboxylic acids is 1. The van der Waals surface area contributed by atoms with Gasteiger partial charge in [0.2, 0.25) is 5.91 Å². The monoisotopic (exact) mass is 262 g/mol. The number of hydrogen-bond acceptors (Lipinski definition) is 2. The van der Waals surface area contributed by atoms with Gasteiger partial charge in [0.05, 0.1) is 6.04 Å². The molecule has 1 amide bonds. The van der Waals surface area contributed by atoms with Crippen LogP contribution in [0.5, 0.6) is 0 Å². The van der Waals surface area contributed by atoms with Gasteiger partial charge in [0.1, 0.15) is 0 Å². The molecule has 0 unspecified atom stereocenters. The Morgan fingerprint density at radius 3 is 2.62 bits per heavy atom. The Hall–Kier alpha value is -0.770. The fourth-order valence-electron chi connectivity index (χ4n) is 1.36. The lowest BCUT2D eigenvalue weighted by Gasteiger charge is -2.23. The highest BCUT2D eigenvalue weighted by molar-refractivity contribution is 6.30. The zero-order chi connectivity index (χ0) is 11.4. The molecule has 0 aliphatic rings. The minimum atomic E-state index is -0.496. The molecule has 3 nitrogen and oxygen atoms in total. The van der Waals surface area contributed by atoms with E-state index < -0.39 is 6.04 Å². The molecule has 1 aromatic rings. The Morgan fingerprint density at radius 2 is 2.19 bits per heavy atom. The van der Waals surface area contributed by atoms with Crippen LogP contribution in [0.15, 0.2) is 24.3 Å². The number of halogens is 2. The molecule has 16 heavy (non-hydrogen) atoms. The lowest BCUT2D eigenvalue weighted by molar-refractivity contribution is -0.119. The summed E-state index contributed by atoms with van der Waals surface area (Å²) in [6.07, 6.45) is 0. The first kappa shape index (κ1) is 15.2. The summed E-state index contributed by atoms with van der Waals surface area (Å²) in [4.78, 5) is 13.4. The van der Waals surface area contributed by atoms with E-state index in [9.17, 15) is 4.79 Å². The fourth-order valence-corrected chi connectivity index (χ4v) is 1.54. The Bertz CT molecular complexity index is 356. The first-order chi connectivity index (χ1) is 7.06. The SMILES string of the molecule is CCN(C(=O)[C@@H](C)N)c1cccc(Cl)c1.Cl. The molecule has 1 atom stereocenters. The van der Waals surface area contributed by atoms with Crippen molar-refractivity contribution in [1.29, 1.82) is 0 Å². The van der Waals surface area contributed by atoms with Crippen LogP contribution < -0.4 is 10.6 Å². The molecule has 2 N–H and O–H groups in total. The summed E-state index contributed by atoms with van der Waals surface area (Å²) in [6.45, 7) is 4.16. The average molecular weight is 263 g/mol. The second-order valence-electron chi connectivity index (χ2n) is 3.35. The molecule has 0 radical (unpaired) electrons. The van der Waals surface area contributed by atoms with E-state index in [1.807, 2.05) is 19.1 Å². The van der Waals surface area contributed by atoms with E-state index in [2.05, 4.69) is 0 Å². The second-order valence-corrected chi connectivity index (χ2v) is 3.79. The van der Waals surface area contributed by atoms with Gasteiger partial charge in [-0.25, -0.2) is 0 Å². The van der Waals surface area contributed by atoms with E-state index in [0.29, 0.717) is 11.6 Å². The number of nitrogens with two attached hydrogens (primary N) is 1. The van der Waals surface area contributed by atoms with Crippen LogP contribution >= 0.6 is 24.0 Å². The first-order valence-corrected chi connectivity index (χ1v) is 5.26. The topological polar surface area (TPSA) is 46.3 Å². The second kappa shape index (κ2) is 6.74. The van der Waals surface area contributed by atoms with Gasteiger partial charge in [0, 0.05) is 17.3 Å². The predicted molar refractivity (Wildman–Crippen MR) is 70.4 cm³/mol. The number of hydrogen-bond donors (Lipinski definition) is 1. The van der Waals surface area contributed by atoms with Gasteiger partial charge in [-0.15, -0.1) is 12.4 Å². The van der Waals surface area contributed by atoms with E-state index in [0.717, 1.165) is 5.69 Å². The molecule has 90 valence electrons. The van der Waals surface area contributed by atoms with Gasteiger partial charge >= 0.3 is 0 Å². The third kappa shape index (κ3) is 3.67. The van der Waals surface area contributed by atoms with Crippen LogP contribution in [0.3, 0.4) is 0 Å². The molecule has 0 saturated heterocycles. The molecule has 0 aromatic heterocycles. The molecular weight excluding hydrogens is 247 g/mol. The zero-order valence-electron chi connectivity index (χ0n) is 9.31. The van der Waals surface area contributed by atoms with Crippen LogP contribution in [0, 0.1) is 0 Å². The fraction of sp³-hybridized carbons (Fsp3) is 0.364. The standard InChI is InChI=1S/C11H15ClN2O.ClH/c1-3-14(11(15)8(2)13)10-6-4-5-9(12)7-10;/h4-8H,3,13H2,1-2H3;1H/t8-;/m1./s1. The van der Waals surface area contributed by atoms with Crippen molar-refractivity contribution in [2.75, 3.05) is 11.4 Å². The molecule has 1 rings (SSSR count). The summed E-state index contributed by atoms with van der Waals surface area (Å²) < 4.78 is 0. The normalized spacial score (nSPS) is 11.5. The van der Waals surface area contributed by atoms with Crippen molar-refractivity contribution in [3.8, 4) is 0 Å². The number of likely N-dealkylation sites (N-methyl/N-ethyl adjacent to an activating group) is 1. The smallest absolute Gasteiger partial charge is 0.243 e. The van der Waals surface area contributed by atoms with Gasteiger partial charge in [-0.2, -0.15) is 0 Å². The van der Waals surface area contributed by atoms with E-state index in [4.69, 9.17) is 17.3 Å². The highest BCUT2D eigenvalue weighted by atomic mass is 35.5. The van der Waals surface area contributed by atoms with Crippen LogP contribution in [0.4, 0.5) is 5.69 Å². The van der Waals surface area contributed by atoms with Crippen molar-refractivity contribution in [3.63, 3.8) is 0 Å². The van der Waals surface area contributed by atoms with Gasteiger partial charge in [0.15, 0.2) is 0 Å². The molecule has 0 heterocycles.